The largest absolute Gasteiger partial charge is 0.573 e. The number of halogens is 7. The van der Waals surface area contributed by atoms with Crippen molar-refractivity contribution in [2.24, 2.45) is 0 Å². The summed E-state index contributed by atoms with van der Waals surface area (Å²) < 4.78 is 77.9. The number of carbonyl (C=O) groups excluding carboxylic acids is 1. The van der Waals surface area contributed by atoms with Crippen LogP contribution in [0.1, 0.15) is 22.9 Å². The Hall–Kier alpha value is -1.25. The van der Waals surface area contributed by atoms with Gasteiger partial charge in [-0.2, -0.15) is 13.2 Å². The van der Waals surface area contributed by atoms with Gasteiger partial charge in [0.15, 0.2) is 0 Å². The molecular formula is C11H7BrF6O2. The zero-order valence-electron chi connectivity index (χ0n) is 9.77. The third-order valence-electron chi connectivity index (χ3n) is 2.19. The molecule has 0 bridgehead atoms. The number of benzene rings is 1. The number of hydrogen-bond acceptors (Lipinski definition) is 2. The molecule has 9 heteroatoms. The highest BCUT2D eigenvalue weighted by molar-refractivity contribution is 9.09. The first-order valence-corrected chi connectivity index (χ1v) is 5.95. The lowest BCUT2D eigenvalue weighted by Gasteiger charge is -2.17. The van der Waals surface area contributed by atoms with Crippen molar-refractivity contribution in [3.63, 3.8) is 0 Å². The van der Waals surface area contributed by atoms with E-state index < -0.39 is 40.0 Å². The molecule has 0 saturated carbocycles. The average Bonchev–Trinajstić information content (AvgIpc) is 2.23. The fourth-order valence-corrected chi connectivity index (χ4v) is 1.80. The smallest absolute Gasteiger partial charge is 0.406 e. The first kappa shape index (κ1) is 16.8. The number of carbonyl (C=O) groups is 1. The zero-order valence-corrected chi connectivity index (χ0v) is 11.4. The van der Waals surface area contributed by atoms with Gasteiger partial charge < -0.3 is 4.74 Å². The fraction of sp³-hybridized carbons (Fsp3) is 0.364. The molecule has 1 unspecified atom stereocenters. The van der Waals surface area contributed by atoms with E-state index in [0.29, 0.717) is 18.2 Å². The van der Waals surface area contributed by atoms with Crippen molar-refractivity contribution in [3.8, 4) is 5.75 Å². The van der Waals surface area contributed by atoms with Crippen LogP contribution in [-0.4, -0.2) is 12.1 Å². The molecule has 20 heavy (non-hydrogen) atoms. The van der Waals surface area contributed by atoms with Crippen molar-refractivity contribution in [1.29, 1.82) is 0 Å². The van der Waals surface area contributed by atoms with Gasteiger partial charge in [0.25, 0.3) is 0 Å². The fourth-order valence-electron chi connectivity index (χ4n) is 1.42. The normalized spacial score (nSPS) is 14.0. The maximum atomic E-state index is 12.7. The second-order valence-electron chi connectivity index (χ2n) is 3.77. The van der Waals surface area contributed by atoms with E-state index in [-0.39, 0.29) is 0 Å². The van der Waals surface area contributed by atoms with Gasteiger partial charge in [0, 0.05) is 0 Å². The summed E-state index contributed by atoms with van der Waals surface area (Å²) in [6.45, 7) is 1.01. The van der Waals surface area contributed by atoms with Gasteiger partial charge in [-0.1, -0.05) is 15.9 Å². The molecule has 0 heterocycles. The summed E-state index contributed by atoms with van der Waals surface area (Å²) >= 11 is 2.72. The van der Waals surface area contributed by atoms with Crippen LogP contribution in [0, 0.1) is 0 Å². The summed E-state index contributed by atoms with van der Waals surface area (Å²) in [7, 11) is 0. The molecule has 0 spiro atoms. The molecule has 0 aliphatic rings. The Balaban J connectivity index is 3.33. The van der Waals surface area contributed by atoms with Gasteiger partial charge in [0.1, 0.15) is 11.5 Å². The molecular weight excluding hydrogens is 358 g/mol. The number of hydrogen-bond donors (Lipinski definition) is 0. The van der Waals surface area contributed by atoms with Crippen LogP contribution in [0.15, 0.2) is 18.2 Å². The lowest BCUT2D eigenvalue weighted by atomic mass is 10.0. The Kier molecular flexibility index (Phi) is 4.73. The Bertz CT molecular complexity index is 509. The number of ether oxygens (including phenoxy) is 1. The van der Waals surface area contributed by atoms with Gasteiger partial charge in [-0.15, -0.1) is 13.2 Å². The Morgan fingerprint density at radius 1 is 1.20 bits per heavy atom. The van der Waals surface area contributed by atoms with Gasteiger partial charge in [-0.25, -0.2) is 0 Å². The average molecular weight is 365 g/mol. The van der Waals surface area contributed by atoms with Gasteiger partial charge >= 0.3 is 12.5 Å². The highest BCUT2D eigenvalue weighted by atomic mass is 79.9. The van der Waals surface area contributed by atoms with Crippen molar-refractivity contribution in [3.05, 3.63) is 29.3 Å². The summed E-state index contributed by atoms with van der Waals surface area (Å²) in [6.07, 6.45) is -9.83. The SMILES string of the molecule is CC(=O)C(Br)c1cc(OC(F)(F)F)ccc1C(F)(F)F. The van der Waals surface area contributed by atoms with Crippen molar-refractivity contribution in [1.82, 2.24) is 0 Å². The van der Waals surface area contributed by atoms with E-state index in [1.54, 1.807) is 0 Å². The molecule has 0 N–H and O–H groups in total. The molecule has 0 aliphatic carbocycles. The standard InChI is InChI=1S/C11H7BrF6O2/c1-5(19)9(12)7-4-6(20-11(16,17)18)2-3-8(7)10(13,14)15/h2-4,9H,1H3. The van der Waals surface area contributed by atoms with E-state index in [1.165, 1.54) is 0 Å². The van der Waals surface area contributed by atoms with Crippen molar-refractivity contribution < 1.29 is 35.9 Å². The first-order valence-electron chi connectivity index (χ1n) is 5.03. The molecule has 0 fully saturated rings. The molecule has 0 aliphatic heterocycles. The maximum Gasteiger partial charge on any atom is 0.573 e. The highest BCUT2D eigenvalue weighted by Crippen LogP contribution is 2.40. The van der Waals surface area contributed by atoms with Crippen LogP contribution in [0.5, 0.6) is 5.75 Å². The molecule has 2 nitrogen and oxygen atoms in total. The van der Waals surface area contributed by atoms with Crippen LogP contribution in [-0.2, 0) is 11.0 Å². The number of Topliss-reactive ketones (excluding diaryl/α,β-unsaturated/α-hetero) is 1. The molecule has 1 aromatic carbocycles. The minimum absolute atomic E-state index is 0.438. The van der Waals surface area contributed by atoms with Gasteiger partial charge in [0.2, 0.25) is 0 Å². The lowest BCUT2D eigenvalue weighted by molar-refractivity contribution is -0.274. The Morgan fingerprint density at radius 3 is 2.15 bits per heavy atom. The van der Waals surface area contributed by atoms with Gasteiger partial charge in [-0.3, -0.25) is 4.79 Å². The van der Waals surface area contributed by atoms with Crippen LogP contribution in [0.2, 0.25) is 0 Å². The summed E-state index contributed by atoms with van der Waals surface area (Å²) in [5.41, 5.74) is -1.84. The topological polar surface area (TPSA) is 26.3 Å². The summed E-state index contributed by atoms with van der Waals surface area (Å²) in [5, 5.41) is 0. The highest BCUT2D eigenvalue weighted by Gasteiger charge is 2.37. The number of rotatable bonds is 3. The minimum atomic E-state index is -5.03. The van der Waals surface area contributed by atoms with Crippen molar-refractivity contribution in [2.75, 3.05) is 0 Å². The second kappa shape index (κ2) is 5.63. The third-order valence-corrected chi connectivity index (χ3v) is 3.33. The monoisotopic (exact) mass is 364 g/mol. The molecule has 0 saturated heterocycles. The number of alkyl halides is 7. The number of ketones is 1. The second-order valence-corrected chi connectivity index (χ2v) is 4.68. The van der Waals surface area contributed by atoms with E-state index in [9.17, 15) is 31.1 Å². The van der Waals surface area contributed by atoms with Crippen LogP contribution in [0.4, 0.5) is 26.3 Å². The van der Waals surface area contributed by atoms with Crippen LogP contribution >= 0.6 is 15.9 Å². The van der Waals surface area contributed by atoms with E-state index in [4.69, 9.17) is 0 Å². The van der Waals surface area contributed by atoms with E-state index in [1.807, 2.05) is 0 Å². The predicted molar refractivity (Wildman–Crippen MR) is 60.5 cm³/mol. The van der Waals surface area contributed by atoms with Gasteiger partial charge in [-0.05, 0) is 30.7 Å². The lowest BCUT2D eigenvalue weighted by Crippen LogP contribution is -2.18. The summed E-state index contributed by atoms with van der Waals surface area (Å²) in [6, 6.07) is 1.52. The summed E-state index contributed by atoms with van der Waals surface area (Å²) in [5.74, 6) is -1.51. The minimum Gasteiger partial charge on any atom is -0.406 e. The van der Waals surface area contributed by atoms with Crippen LogP contribution in [0.3, 0.4) is 0 Å². The van der Waals surface area contributed by atoms with E-state index >= 15 is 0 Å². The third kappa shape index (κ3) is 4.39. The molecule has 0 aromatic heterocycles. The molecule has 1 atom stereocenters. The van der Waals surface area contributed by atoms with E-state index in [0.717, 1.165) is 6.92 Å². The first-order chi connectivity index (χ1) is 8.92. The van der Waals surface area contributed by atoms with Crippen molar-refractivity contribution in [2.45, 2.75) is 24.3 Å². The Labute approximate surface area is 117 Å². The van der Waals surface area contributed by atoms with Crippen molar-refractivity contribution >= 4 is 21.7 Å². The maximum absolute atomic E-state index is 12.7. The van der Waals surface area contributed by atoms with E-state index in [2.05, 4.69) is 20.7 Å². The summed E-state index contributed by atoms with van der Waals surface area (Å²) in [4.78, 5) is 9.76. The quantitative estimate of drug-likeness (QED) is 0.577. The molecule has 112 valence electrons. The molecule has 0 amide bonds. The molecule has 1 rings (SSSR count). The molecule has 1 aromatic rings. The van der Waals surface area contributed by atoms with Gasteiger partial charge in [0.05, 0.1) is 10.4 Å². The Morgan fingerprint density at radius 2 is 1.75 bits per heavy atom. The molecule has 0 radical (unpaired) electrons. The predicted octanol–water partition coefficient (Wildman–Crippen LogP) is 4.63. The van der Waals surface area contributed by atoms with Crippen LogP contribution < -0.4 is 4.74 Å². The van der Waals surface area contributed by atoms with Crippen LogP contribution in [0.25, 0.3) is 0 Å². The zero-order chi connectivity index (χ0) is 15.7.